The summed E-state index contributed by atoms with van der Waals surface area (Å²) in [4.78, 5) is 6.70. The molecule has 1 saturated heterocycles. The molecule has 0 unspecified atom stereocenters. The molecule has 1 N–H and O–H groups in total. The minimum absolute atomic E-state index is 0.121. The second-order valence-electron chi connectivity index (χ2n) is 6.92. The summed E-state index contributed by atoms with van der Waals surface area (Å²) in [5.41, 5.74) is 2.37. The van der Waals surface area contributed by atoms with E-state index in [1.54, 1.807) is 25.4 Å². The molecule has 0 bridgehead atoms. The zero-order chi connectivity index (χ0) is 20.2. The molecule has 1 aromatic carbocycles. The molecule has 4 rings (SSSR count). The topological polar surface area (TPSA) is 42.3 Å². The van der Waals surface area contributed by atoms with Crippen molar-refractivity contribution in [2.75, 3.05) is 20.3 Å². The molecule has 1 aliphatic rings. The number of pyridine rings is 1. The summed E-state index contributed by atoms with van der Waals surface area (Å²) in [5.74, 6) is -0.265. The van der Waals surface area contributed by atoms with Crippen LogP contribution in [-0.4, -0.2) is 39.8 Å². The summed E-state index contributed by atoms with van der Waals surface area (Å²) in [5, 5.41) is 4.10. The summed E-state index contributed by atoms with van der Waals surface area (Å²) in [6, 6.07) is 16.3. The van der Waals surface area contributed by atoms with Crippen molar-refractivity contribution in [3.8, 4) is 5.69 Å². The van der Waals surface area contributed by atoms with Crippen LogP contribution in [0.5, 0.6) is 0 Å². The van der Waals surface area contributed by atoms with Gasteiger partial charge in [-0.3, -0.25) is 4.98 Å². The number of rotatable bonds is 7. The molecule has 0 amide bonds. The number of methoxy groups -OCH3 is 1. The average Bonchev–Trinajstić information content (AvgIpc) is 3.34. The van der Waals surface area contributed by atoms with Crippen LogP contribution < -0.4 is 5.32 Å². The molecule has 2 atom stereocenters. The fraction of sp³-hybridized carbons (Fsp3) is 0.273. The van der Waals surface area contributed by atoms with Gasteiger partial charge in [-0.2, -0.15) is 0 Å². The summed E-state index contributed by atoms with van der Waals surface area (Å²) in [6.07, 6.45) is 4.50. The average molecular weight is 411 g/mol. The van der Waals surface area contributed by atoms with E-state index in [4.69, 9.17) is 17.0 Å². The van der Waals surface area contributed by atoms with Gasteiger partial charge >= 0.3 is 0 Å². The zero-order valence-corrected chi connectivity index (χ0v) is 17.0. The smallest absolute Gasteiger partial charge is 0.170 e. The fourth-order valence-electron chi connectivity index (χ4n) is 3.85. The maximum absolute atomic E-state index is 14.6. The largest absolute Gasteiger partial charge is 0.385 e. The van der Waals surface area contributed by atoms with E-state index in [-0.39, 0.29) is 17.9 Å². The van der Waals surface area contributed by atoms with E-state index in [2.05, 4.69) is 15.2 Å². The number of benzene rings is 1. The first-order valence-corrected chi connectivity index (χ1v) is 10.0. The Bertz CT molecular complexity index is 978. The highest BCUT2D eigenvalue weighted by Gasteiger charge is 2.41. The highest BCUT2D eigenvalue weighted by Crippen LogP contribution is 2.39. The van der Waals surface area contributed by atoms with E-state index in [9.17, 15) is 4.39 Å². The van der Waals surface area contributed by atoms with E-state index in [1.165, 1.54) is 6.07 Å². The van der Waals surface area contributed by atoms with Crippen molar-refractivity contribution < 1.29 is 9.13 Å². The third-order valence-electron chi connectivity index (χ3n) is 5.14. The summed E-state index contributed by atoms with van der Waals surface area (Å²) < 4.78 is 21.7. The van der Waals surface area contributed by atoms with Crippen molar-refractivity contribution in [2.24, 2.45) is 0 Å². The SMILES string of the molecule is COCCCN1C(=S)N[C@H](c2ccccn2)[C@@H]1c1cccn1-c1ccccc1F. The monoisotopic (exact) mass is 410 g/mol. The molecule has 1 aliphatic heterocycles. The molecular weight excluding hydrogens is 387 g/mol. The third kappa shape index (κ3) is 3.88. The van der Waals surface area contributed by atoms with Gasteiger partial charge < -0.3 is 19.5 Å². The number of halogens is 1. The van der Waals surface area contributed by atoms with Crippen molar-refractivity contribution in [2.45, 2.75) is 18.5 Å². The number of aromatic nitrogens is 2. The molecule has 2 aromatic heterocycles. The first kappa shape index (κ1) is 19.5. The first-order valence-electron chi connectivity index (χ1n) is 9.60. The minimum atomic E-state index is -0.265. The molecule has 29 heavy (non-hydrogen) atoms. The van der Waals surface area contributed by atoms with Crippen molar-refractivity contribution in [3.63, 3.8) is 0 Å². The lowest BCUT2D eigenvalue weighted by atomic mass is 10.0. The van der Waals surface area contributed by atoms with Gasteiger partial charge in [0.1, 0.15) is 5.82 Å². The van der Waals surface area contributed by atoms with Gasteiger partial charge in [0.25, 0.3) is 0 Å². The van der Waals surface area contributed by atoms with Crippen LogP contribution in [-0.2, 0) is 4.74 Å². The summed E-state index contributed by atoms with van der Waals surface area (Å²) in [6.45, 7) is 1.38. The van der Waals surface area contributed by atoms with Gasteiger partial charge in [0.2, 0.25) is 0 Å². The predicted molar refractivity (Wildman–Crippen MR) is 114 cm³/mol. The summed E-state index contributed by atoms with van der Waals surface area (Å²) >= 11 is 5.67. The van der Waals surface area contributed by atoms with E-state index in [0.29, 0.717) is 17.4 Å². The number of para-hydroxylation sites is 1. The van der Waals surface area contributed by atoms with Crippen LogP contribution in [0.15, 0.2) is 67.0 Å². The van der Waals surface area contributed by atoms with E-state index >= 15 is 0 Å². The second-order valence-corrected chi connectivity index (χ2v) is 7.31. The Morgan fingerprint density at radius 2 is 1.97 bits per heavy atom. The molecule has 1 fully saturated rings. The number of nitrogens with zero attached hydrogens (tertiary/aromatic N) is 3. The number of nitrogens with one attached hydrogen (secondary N) is 1. The van der Waals surface area contributed by atoms with Gasteiger partial charge in [0.15, 0.2) is 5.11 Å². The van der Waals surface area contributed by atoms with Gasteiger partial charge in [0.05, 0.1) is 23.5 Å². The van der Waals surface area contributed by atoms with Crippen molar-refractivity contribution >= 4 is 17.3 Å². The maximum Gasteiger partial charge on any atom is 0.170 e. The van der Waals surface area contributed by atoms with Gasteiger partial charge in [0, 0.05) is 38.3 Å². The van der Waals surface area contributed by atoms with Gasteiger partial charge in [-0.05, 0) is 55.0 Å². The number of hydrogen-bond acceptors (Lipinski definition) is 3. The Kier molecular flexibility index (Phi) is 5.87. The first-order chi connectivity index (χ1) is 14.2. The Morgan fingerprint density at radius 1 is 1.14 bits per heavy atom. The van der Waals surface area contributed by atoms with Crippen LogP contribution >= 0.6 is 12.2 Å². The number of hydrogen-bond donors (Lipinski definition) is 1. The zero-order valence-electron chi connectivity index (χ0n) is 16.2. The van der Waals surface area contributed by atoms with Crippen LogP contribution in [0.4, 0.5) is 4.39 Å². The molecule has 150 valence electrons. The predicted octanol–water partition coefficient (Wildman–Crippen LogP) is 4.02. The highest BCUT2D eigenvalue weighted by molar-refractivity contribution is 7.80. The second kappa shape index (κ2) is 8.71. The molecule has 3 heterocycles. The normalized spacial score (nSPS) is 18.8. The van der Waals surface area contributed by atoms with Gasteiger partial charge in [-0.15, -0.1) is 0 Å². The Balaban J connectivity index is 1.77. The number of thiocarbonyl (C=S) groups is 1. The fourth-order valence-corrected chi connectivity index (χ4v) is 4.18. The van der Waals surface area contributed by atoms with Crippen molar-refractivity contribution in [1.29, 1.82) is 0 Å². The Labute approximate surface area is 175 Å². The molecule has 7 heteroatoms. The van der Waals surface area contributed by atoms with Crippen molar-refractivity contribution in [3.05, 3.63) is 84.2 Å². The van der Waals surface area contributed by atoms with Crippen LogP contribution in [0.2, 0.25) is 0 Å². The standard InChI is InChI=1S/C22H23FN4OS/c1-28-15-7-14-27-21(20(25-22(27)29)17-9-4-5-12-24-17)19-11-6-13-26(19)18-10-3-2-8-16(18)23/h2-6,8-13,20-21H,7,14-15H2,1H3,(H,25,29)/t20-,21+/m1/s1. The van der Waals surface area contributed by atoms with Crippen molar-refractivity contribution in [1.82, 2.24) is 19.8 Å². The minimum Gasteiger partial charge on any atom is -0.385 e. The lowest BCUT2D eigenvalue weighted by molar-refractivity contribution is 0.180. The number of ether oxygens (including phenoxy) is 1. The van der Waals surface area contributed by atoms with Gasteiger partial charge in [-0.1, -0.05) is 18.2 Å². The summed E-state index contributed by atoms with van der Waals surface area (Å²) in [7, 11) is 1.69. The Hall–Kier alpha value is -2.77. The maximum atomic E-state index is 14.6. The molecule has 5 nitrogen and oxygen atoms in total. The lowest BCUT2D eigenvalue weighted by Crippen LogP contribution is -2.32. The van der Waals surface area contributed by atoms with Crippen LogP contribution in [0.25, 0.3) is 5.69 Å². The molecule has 0 spiro atoms. The van der Waals surface area contributed by atoms with E-state index < -0.39 is 0 Å². The van der Waals surface area contributed by atoms with Crippen LogP contribution in [0, 0.1) is 5.82 Å². The molecule has 0 saturated carbocycles. The van der Waals surface area contributed by atoms with Crippen LogP contribution in [0.1, 0.15) is 29.9 Å². The highest BCUT2D eigenvalue weighted by atomic mass is 32.1. The van der Waals surface area contributed by atoms with Crippen LogP contribution in [0.3, 0.4) is 0 Å². The molecule has 0 aliphatic carbocycles. The molecular formula is C22H23FN4OS. The molecule has 3 aromatic rings. The van der Waals surface area contributed by atoms with Gasteiger partial charge in [-0.25, -0.2) is 4.39 Å². The molecule has 0 radical (unpaired) electrons. The van der Waals surface area contributed by atoms with E-state index in [0.717, 1.165) is 24.4 Å². The van der Waals surface area contributed by atoms with E-state index in [1.807, 2.05) is 47.2 Å². The third-order valence-corrected chi connectivity index (χ3v) is 5.49. The Morgan fingerprint density at radius 3 is 2.72 bits per heavy atom. The lowest BCUT2D eigenvalue weighted by Gasteiger charge is -2.29. The quantitative estimate of drug-likeness (QED) is 0.471.